The highest BCUT2D eigenvalue weighted by Crippen LogP contribution is 2.35. The Bertz CT molecular complexity index is 4360. The molecule has 0 saturated carbocycles. The van der Waals surface area contributed by atoms with Crippen LogP contribution in [0.5, 0.6) is 0 Å². The second-order valence-corrected chi connectivity index (χ2v) is 26.7. The number of hydrogen-bond acceptors (Lipinski definition) is 12. The number of hydrogen-bond donors (Lipinski definition) is 3. The van der Waals surface area contributed by atoms with Gasteiger partial charge in [-0.25, -0.2) is 35.4 Å². The lowest BCUT2D eigenvalue weighted by atomic mass is 10.1. The molecule has 0 aliphatic carbocycles. The number of ether oxygens (including phenoxy) is 1. The number of aromatic nitrogens is 6. The van der Waals surface area contributed by atoms with Gasteiger partial charge < -0.3 is 26.4 Å². The van der Waals surface area contributed by atoms with Crippen molar-refractivity contribution in [1.82, 2.24) is 34.6 Å². The van der Waals surface area contributed by atoms with Crippen LogP contribution < -0.4 is 16.8 Å². The van der Waals surface area contributed by atoms with Gasteiger partial charge in [-0.3, -0.25) is 39.1 Å². The second-order valence-electron chi connectivity index (χ2n) is 19.4. The summed E-state index contributed by atoms with van der Waals surface area (Å²) >= 11 is 22.0. The van der Waals surface area contributed by atoms with Gasteiger partial charge in [0.05, 0.1) is 66.9 Å². The number of rotatable bonds is 10. The number of fused-ring (bicyclic) bond motifs is 4. The number of methoxy groups -OCH3 is 1. The average Bonchev–Trinajstić information content (AvgIpc) is 1.65. The lowest BCUT2D eigenvalue weighted by molar-refractivity contribution is -0.127. The van der Waals surface area contributed by atoms with Crippen molar-refractivity contribution in [3.05, 3.63) is 213 Å². The SMILES string of the molecule is C#Cc1nn([C@H]2C[C@H](COC)N(C(=O)C=C)C2)c(NC)c1C(N)=O.Cc1cnc2cc(Br)c(F)cc2c1.Fc1cc2cc(C(Br)Br)cnc2cc1Br.Fc1cc2cc(C(F)F)cnc2cc1Br.Nc1cc(Br)c(F)cc1C=O.O=Cc1cnc2cc(Br)c(F)cc2c1. The van der Waals surface area contributed by atoms with Crippen LogP contribution in [0.25, 0.3) is 43.6 Å². The zero-order chi connectivity index (χ0) is 67.8. The van der Waals surface area contributed by atoms with Crippen molar-refractivity contribution < 1.29 is 54.6 Å². The van der Waals surface area contributed by atoms with Gasteiger partial charge in [0.25, 0.3) is 12.3 Å². The van der Waals surface area contributed by atoms with Gasteiger partial charge in [0.15, 0.2) is 12.6 Å². The molecule has 1 fully saturated rings. The Labute approximate surface area is 580 Å². The fourth-order valence-electron chi connectivity index (χ4n) is 8.72. The number of primary amides is 1. The first-order valence-electron chi connectivity index (χ1n) is 26.3. The molecule has 5 aromatic carbocycles. The van der Waals surface area contributed by atoms with E-state index in [1.807, 2.05) is 19.1 Å². The molecule has 0 unspecified atom stereocenters. The number of terminal acetylenes is 1. The highest BCUT2D eigenvalue weighted by Gasteiger charge is 2.38. The van der Waals surface area contributed by atoms with Gasteiger partial charge in [-0.1, -0.05) is 38.4 Å². The molecule has 6 heterocycles. The number of carbonyl (C=O) groups excluding carboxylic acids is 4. The Morgan fingerprint density at radius 1 is 0.707 bits per heavy atom. The van der Waals surface area contributed by atoms with Gasteiger partial charge in [-0.05, 0) is 201 Å². The summed E-state index contributed by atoms with van der Waals surface area (Å²) in [5, 5.41) is 9.87. The number of nitrogens with zero attached hydrogens (tertiary/aromatic N) is 7. The molecule has 478 valence electrons. The topological polar surface area (TPSA) is 214 Å². The lowest BCUT2D eigenvalue weighted by Gasteiger charge is -2.22. The van der Waals surface area contributed by atoms with Crippen molar-refractivity contribution in [3.63, 3.8) is 0 Å². The maximum absolute atomic E-state index is 13.3. The molecule has 15 nitrogen and oxygen atoms in total. The average molecular weight is 1720 g/mol. The number of benzene rings is 5. The minimum atomic E-state index is -2.59. The van der Waals surface area contributed by atoms with Gasteiger partial charge in [0.2, 0.25) is 5.91 Å². The molecule has 1 aliphatic rings. The number of nitrogens with two attached hydrogens (primary N) is 2. The van der Waals surface area contributed by atoms with Crippen LogP contribution in [0.4, 0.5) is 42.2 Å². The first-order valence-corrected chi connectivity index (χ1v) is 32.1. The van der Waals surface area contributed by atoms with E-state index in [1.165, 1.54) is 54.7 Å². The molecule has 5 aromatic heterocycles. The number of halogens is 14. The van der Waals surface area contributed by atoms with E-state index in [-0.39, 0.29) is 76.2 Å². The Kier molecular flexibility index (Phi) is 27.5. The first-order chi connectivity index (χ1) is 43.6. The fourth-order valence-corrected chi connectivity index (χ4v) is 10.9. The zero-order valence-electron chi connectivity index (χ0n) is 48.0. The van der Waals surface area contributed by atoms with E-state index in [1.54, 1.807) is 60.4 Å². The van der Waals surface area contributed by atoms with Crippen LogP contribution in [0.1, 0.15) is 76.1 Å². The molecule has 0 bridgehead atoms. The Hall–Kier alpha value is -7.04. The molecule has 1 aliphatic heterocycles. The van der Waals surface area contributed by atoms with Crippen LogP contribution in [0, 0.1) is 48.4 Å². The summed E-state index contributed by atoms with van der Waals surface area (Å²) in [6.07, 6.45) is 12.0. The molecule has 29 heteroatoms. The van der Waals surface area contributed by atoms with E-state index in [9.17, 15) is 49.9 Å². The molecule has 1 saturated heterocycles. The fraction of sp³-hybridized carbons (Fsp3) is 0.159. The van der Waals surface area contributed by atoms with Crippen LogP contribution in [0.15, 0.2) is 145 Å². The van der Waals surface area contributed by atoms with Gasteiger partial charge in [0.1, 0.15) is 46.2 Å². The minimum absolute atomic E-state index is 0.0357. The molecular weight excluding hydrogens is 1670 g/mol. The van der Waals surface area contributed by atoms with E-state index in [4.69, 9.17) is 22.6 Å². The smallest absolute Gasteiger partial charge is 0.265 e. The van der Waals surface area contributed by atoms with E-state index >= 15 is 0 Å². The normalized spacial score (nSPS) is 13.1. The van der Waals surface area contributed by atoms with E-state index in [2.05, 4.69) is 154 Å². The number of alkyl halides is 4. The quantitative estimate of drug-likeness (QED) is 0.0291. The van der Waals surface area contributed by atoms with Crippen LogP contribution in [-0.4, -0.2) is 92.4 Å². The predicted molar refractivity (Wildman–Crippen MR) is 367 cm³/mol. The van der Waals surface area contributed by atoms with Crippen LogP contribution in [-0.2, 0) is 9.53 Å². The molecule has 0 spiro atoms. The predicted octanol–water partition coefficient (Wildman–Crippen LogP) is 17.4. The maximum Gasteiger partial charge on any atom is 0.265 e. The summed E-state index contributed by atoms with van der Waals surface area (Å²) in [5.41, 5.74) is 16.6. The largest absolute Gasteiger partial charge is 0.398 e. The second kappa shape index (κ2) is 34.2. The van der Waals surface area contributed by atoms with Crippen LogP contribution in [0.2, 0.25) is 0 Å². The zero-order valence-corrected chi connectivity index (χ0v) is 59.1. The molecule has 2 amide bonds. The van der Waals surface area contributed by atoms with Crippen molar-refractivity contribution in [2.45, 2.75) is 35.6 Å². The number of aldehydes is 2. The standard InChI is InChI=1S/C16H21N5O3.C10H5Br3FN.C10H5BrF3N.C10H5BrFNO.C10H7BrFN.C7H5BrFNO/c1-5-12-14(15(17)23)16(18-3)21(19-12)10-7-11(9-24-4)20(8-10)13(22)6-2;11-7-3-9-5(2-8(7)14)1-6(4-15-9)10(12)13;11-7-3-9-5(2-8(7)12)1-6(4-15-9)10(13)14;11-8-3-10-7(2-9(8)12)1-6(5-14)4-13-10;1-6-2-7-3-9(12)8(11)4-10(7)13-5-6;8-5-2-7(10)4(3-11)1-6(5)9/h1,6,10-11,18H,2,7-9H2,3-4H3,(H2,17,23);2*1-4,10H;1-5H;2-5H,1H3;1-3H,10H2/t10-,11+;;;;;/m0...../s1. The van der Waals surface area contributed by atoms with Gasteiger partial charge in [-0.2, -0.15) is 5.10 Å². The van der Waals surface area contributed by atoms with Gasteiger partial charge >= 0.3 is 0 Å². The van der Waals surface area contributed by atoms with Crippen molar-refractivity contribution >= 4 is 191 Å². The van der Waals surface area contributed by atoms with Gasteiger partial charge in [-0.15, -0.1) is 6.42 Å². The summed E-state index contributed by atoms with van der Waals surface area (Å²) in [7, 11) is 3.24. The Morgan fingerprint density at radius 3 is 1.61 bits per heavy atom. The third-order valence-electron chi connectivity index (χ3n) is 13.1. The third-order valence-corrected chi connectivity index (χ3v) is 17.2. The van der Waals surface area contributed by atoms with Crippen molar-refractivity contribution in [3.8, 4) is 12.3 Å². The number of likely N-dealkylation sites (tertiary alicyclic amines) is 1. The number of aryl methyl sites for hydroxylation is 1. The summed E-state index contributed by atoms with van der Waals surface area (Å²) in [5.74, 6) is 0.147. The number of amides is 2. The van der Waals surface area contributed by atoms with Crippen molar-refractivity contribution in [2.75, 3.05) is 38.4 Å². The molecule has 92 heavy (non-hydrogen) atoms. The summed E-state index contributed by atoms with van der Waals surface area (Å²) < 4.78 is 98.6. The number of pyridine rings is 4. The molecular formula is C63H48Br7F7N10O5. The molecule has 11 rings (SSSR count). The lowest BCUT2D eigenvalue weighted by Crippen LogP contribution is -2.37. The number of carbonyl (C=O) groups is 4. The Morgan fingerprint density at radius 2 is 1.16 bits per heavy atom. The van der Waals surface area contributed by atoms with Gasteiger partial charge in [0, 0.05) is 89.4 Å². The van der Waals surface area contributed by atoms with Crippen molar-refractivity contribution in [2.24, 2.45) is 5.73 Å². The molecule has 10 aromatic rings. The Balaban J connectivity index is 0.000000179. The third kappa shape index (κ3) is 19.3. The van der Waals surface area contributed by atoms with E-state index in [0.29, 0.717) is 78.8 Å². The minimum Gasteiger partial charge on any atom is -0.398 e. The summed E-state index contributed by atoms with van der Waals surface area (Å²) in [6, 6.07) is 20.7. The summed E-state index contributed by atoms with van der Waals surface area (Å²) in [4.78, 5) is 62.4. The van der Waals surface area contributed by atoms with Crippen molar-refractivity contribution in [1.29, 1.82) is 0 Å². The van der Waals surface area contributed by atoms with E-state index in [0.717, 1.165) is 45.2 Å². The van der Waals surface area contributed by atoms with Crippen LogP contribution >= 0.6 is 112 Å². The van der Waals surface area contributed by atoms with Crippen LogP contribution in [0.3, 0.4) is 0 Å². The van der Waals surface area contributed by atoms with E-state index < -0.39 is 24.0 Å². The number of nitrogen functional groups attached to an aromatic ring is 1. The molecule has 0 radical (unpaired) electrons. The first kappa shape index (κ1) is 74.0. The molecule has 5 N–H and O–H groups in total. The highest BCUT2D eigenvalue weighted by atomic mass is 79.9. The maximum atomic E-state index is 13.3. The number of anilines is 2. The summed E-state index contributed by atoms with van der Waals surface area (Å²) in [6.45, 7) is 6.28. The number of nitrogens with one attached hydrogen (secondary N) is 1. The molecule has 2 atom stereocenters. The monoisotopic (exact) mass is 1710 g/mol. The highest BCUT2D eigenvalue weighted by molar-refractivity contribution is 9.24.